The zero-order valence-corrected chi connectivity index (χ0v) is 27.8. The van der Waals surface area contributed by atoms with Gasteiger partial charge in [0, 0.05) is 60.5 Å². The van der Waals surface area contributed by atoms with Crippen molar-refractivity contribution in [3.63, 3.8) is 0 Å². The molecule has 1 aliphatic carbocycles. The molecule has 0 spiro atoms. The molecule has 2 aromatic carbocycles. The van der Waals surface area contributed by atoms with Crippen molar-refractivity contribution < 1.29 is 14.0 Å². The molecule has 2 aromatic heterocycles. The van der Waals surface area contributed by atoms with E-state index in [1.54, 1.807) is 33.7 Å². The lowest BCUT2D eigenvalue weighted by Gasteiger charge is -2.34. The molecule has 0 unspecified atom stereocenters. The summed E-state index contributed by atoms with van der Waals surface area (Å²) in [4.78, 5) is 16.5. The molecule has 1 saturated heterocycles. The van der Waals surface area contributed by atoms with E-state index in [1.807, 2.05) is 18.2 Å². The second kappa shape index (κ2) is 12.1. The number of methoxy groups -OCH3 is 2. The summed E-state index contributed by atoms with van der Waals surface area (Å²) in [5.41, 5.74) is 5.71. The van der Waals surface area contributed by atoms with Crippen LogP contribution in [0.5, 0.6) is 5.75 Å². The van der Waals surface area contributed by atoms with Crippen molar-refractivity contribution in [2.75, 3.05) is 56.2 Å². The van der Waals surface area contributed by atoms with Gasteiger partial charge >= 0.3 is 0 Å². The molecule has 226 valence electrons. The number of rotatable bonds is 9. The smallest absolute Gasteiger partial charge is 0.229 e. The van der Waals surface area contributed by atoms with Crippen molar-refractivity contribution >= 4 is 68.1 Å². The maximum atomic E-state index is 13.6. The molecule has 0 amide bonds. The van der Waals surface area contributed by atoms with E-state index in [9.17, 15) is 4.57 Å². The molecule has 43 heavy (non-hydrogen) atoms. The van der Waals surface area contributed by atoms with E-state index in [2.05, 4.69) is 61.6 Å². The Morgan fingerprint density at radius 2 is 1.74 bits per heavy atom. The lowest BCUT2D eigenvalue weighted by molar-refractivity contribution is 0.0818. The Balaban J connectivity index is 1.28. The van der Waals surface area contributed by atoms with Gasteiger partial charge in [-0.05, 0) is 91.7 Å². The maximum Gasteiger partial charge on any atom is 0.229 e. The first-order valence-corrected chi connectivity index (χ1v) is 18.1. The summed E-state index contributed by atoms with van der Waals surface area (Å²) in [6.45, 7) is 7.49. The minimum Gasteiger partial charge on any atom is -0.495 e. The van der Waals surface area contributed by atoms with E-state index >= 15 is 0 Å². The predicted octanol–water partition coefficient (Wildman–Crippen LogP) is 7.33. The van der Waals surface area contributed by atoms with Gasteiger partial charge in [0.1, 0.15) is 18.7 Å². The van der Waals surface area contributed by atoms with E-state index in [1.165, 1.54) is 12.8 Å². The molecule has 2 aliphatic rings. The number of hydrogen-bond donors (Lipinski definition) is 2. The Bertz CT molecular complexity index is 1720. The number of aryl methyl sites for hydroxylation is 1. The number of piperidine rings is 1. The zero-order valence-electron chi connectivity index (χ0n) is 25.3. The number of anilines is 5. The number of hydrogen-bond acceptors (Lipinski definition) is 9. The Morgan fingerprint density at radius 1 is 0.977 bits per heavy atom. The summed E-state index contributed by atoms with van der Waals surface area (Å²) < 4.78 is 25.6. The molecule has 6 rings (SSSR count). The highest BCUT2D eigenvalue weighted by Gasteiger charge is 2.27. The number of aromatic nitrogens is 3. The molecule has 1 saturated carbocycles. The van der Waals surface area contributed by atoms with Gasteiger partial charge in [-0.2, -0.15) is 4.98 Å². The normalized spacial score (nSPS) is 16.0. The zero-order chi connectivity index (χ0) is 30.3. The average molecular weight is 666 g/mol. The third-order valence-electron chi connectivity index (χ3n) is 8.28. The third kappa shape index (κ3) is 6.37. The summed E-state index contributed by atoms with van der Waals surface area (Å²) in [5.74, 6) is 2.34. The number of ether oxygens (including phenoxy) is 2. The topological polar surface area (TPSA) is 102 Å². The first-order chi connectivity index (χ1) is 20.6. The van der Waals surface area contributed by atoms with E-state index < -0.39 is 7.14 Å². The number of benzene rings is 2. The number of halogens is 1. The van der Waals surface area contributed by atoms with Crippen LogP contribution in [0.4, 0.5) is 28.8 Å². The quantitative estimate of drug-likeness (QED) is 0.178. The van der Waals surface area contributed by atoms with Crippen molar-refractivity contribution in [2.45, 2.75) is 44.6 Å². The summed E-state index contributed by atoms with van der Waals surface area (Å²) in [7, 11) is 0.796. The molecule has 9 nitrogen and oxygen atoms in total. The number of nitrogens with zero attached hydrogens (tertiary/aromatic N) is 4. The average Bonchev–Trinajstić information content (AvgIpc) is 3.84. The van der Waals surface area contributed by atoms with Gasteiger partial charge in [0.25, 0.3) is 0 Å². The van der Waals surface area contributed by atoms with E-state index in [4.69, 9.17) is 19.4 Å². The molecular formula is C32H38BrN6O3P. The van der Waals surface area contributed by atoms with Gasteiger partial charge < -0.3 is 29.6 Å². The molecule has 2 fully saturated rings. The molecule has 4 aromatic rings. The van der Waals surface area contributed by atoms with Gasteiger partial charge in [0.2, 0.25) is 5.95 Å². The van der Waals surface area contributed by atoms with Crippen LogP contribution in [0.15, 0.2) is 47.1 Å². The van der Waals surface area contributed by atoms with Crippen molar-refractivity contribution in [1.82, 2.24) is 15.0 Å². The Labute approximate surface area is 261 Å². The fourth-order valence-corrected chi connectivity index (χ4v) is 7.58. The first-order valence-electron chi connectivity index (χ1n) is 14.7. The van der Waals surface area contributed by atoms with Crippen LogP contribution in [-0.4, -0.2) is 61.7 Å². The second-order valence-corrected chi connectivity index (χ2v) is 15.8. The molecule has 0 bridgehead atoms. The fourth-order valence-electron chi connectivity index (χ4n) is 5.81. The largest absolute Gasteiger partial charge is 0.495 e. The molecular weight excluding hydrogens is 627 g/mol. The minimum atomic E-state index is -2.68. The highest BCUT2D eigenvalue weighted by Crippen LogP contribution is 2.44. The van der Waals surface area contributed by atoms with E-state index in [0.29, 0.717) is 28.3 Å². The van der Waals surface area contributed by atoms with Crippen LogP contribution in [0.25, 0.3) is 10.9 Å². The summed E-state index contributed by atoms with van der Waals surface area (Å²) in [6, 6.07) is 12.2. The van der Waals surface area contributed by atoms with Crippen molar-refractivity contribution in [2.24, 2.45) is 0 Å². The molecule has 11 heteroatoms. The molecule has 0 atom stereocenters. The van der Waals surface area contributed by atoms with Gasteiger partial charge in [-0.3, -0.25) is 4.98 Å². The van der Waals surface area contributed by atoms with Crippen molar-refractivity contribution in [3.8, 4) is 5.75 Å². The highest BCUT2D eigenvalue weighted by molar-refractivity contribution is 9.10. The minimum absolute atomic E-state index is 0.311. The lowest BCUT2D eigenvalue weighted by Crippen LogP contribution is -2.36. The molecule has 2 N–H and O–H groups in total. The number of fused-ring (bicyclic) bond motifs is 1. The summed E-state index contributed by atoms with van der Waals surface area (Å²) >= 11 is 3.60. The Kier molecular flexibility index (Phi) is 8.37. The monoisotopic (exact) mass is 664 g/mol. The summed E-state index contributed by atoms with van der Waals surface area (Å²) in [6.07, 6.45) is 6.37. The van der Waals surface area contributed by atoms with Crippen molar-refractivity contribution in [3.05, 3.63) is 58.3 Å². The Morgan fingerprint density at radius 3 is 2.42 bits per heavy atom. The van der Waals surface area contributed by atoms with Crippen LogP contribution < -0.4 is 25.6 Å². The van der Waals surface area contributed by atoms with Crippen LogP contribution in [0.1, 0.15) is 42.9 Å². The number of pyridine rings is 1. The van der Waals surface area contributed by atoms with Crippen LogP contribution in [-0.2, 0) is 9.30 Å². The standard InChI is InChI=1S/C32H38BrN6O3P/c1-19-16-28(39-14-12-21(41-2)13-15-39)29(42-3)17-27(19)37-32-34-18-23(33)31(38-32)36-26-11-10-25-22(30(26)43(4,5)40)8-9-24(35-25)20-6-7-20/h8-11,16-18,20-21H,6-7,12-15H2,1-5H3,(H2,34,36,37,38). The van der Waals surface area contributed by atoms with Gasteiger partial charge in [0.05, 0.1) is 34.6 Å². The van der Waals surface area contributed by atoms with Crippen molar-refractivity contribution in [1.29, 1.82) is 0 Å². The van der Waals surface area contributed by atoms with E-state index in [0.717, 1.165) is 76.2 Å². The lowest BCUT2D eigenvalue weighted by atomic mass is 10.1. The fraction of sp³-hybridized carbons (Fsp3) is 0.406. The third-order valence-corrected chi connectivity index (χ3v) is 10.4. The van der Waals surface area contributed by atoms with Crippen LogP contribution in [0.3, 0.4) is 0 Å². The van der Waals surface area contributed by atoms with Gasteiger partial charge in [-0.1, -0.05) is 6.07 Å². The first kappa shape index (κ1) is 29.9. The molecule has 3 heterocycles. The number of nitrogens with one attached hydrogen (secondary N) is 2. The van der Waals surface area contributed by atoms with E-state index in [-0.39, 0.29) is 0 Å². The predicted molar refractivity (Wildman–Crippen MR) is 179 cm³/mol. The van der Waals surface area contributed by atoms with Crippen LogP contribution in [0, 0.1) is 6.92 Å². The van der Waals surface area contributed by atoms with Crippen LogP contribution >= 0.6 is 23.1 Å². The SMILES string of the molecule is COc1cc(Nc2ncc(Br)c(Nc3ccc4nc(C5CC5)ccc4c3P(C)(C)=O)n2)c(C)cc1N1CCC(OC)CC1. The van der Waals surface area contributed by atoms with Crippen LogP contribution in [0.2, 0.25) is 0 Å². The summed E-state index contributed by atoms with van der Waals surface area (Å²) in [5, 5.41) is 8.48. The Hall–Kier alpha value is -3.20. The molecule has 0 radical (unpaired) electrons. The highest BCUT2D eigenvalue weighted by atomic mass is 79.9. The molecule has 1 aliphatic heterocycles. The van der Waals surface area contributed by atoms with Gasteiger partial charge in [0.15, 0.2) is 0 Å². The maximum absolute atomic E-state index is 13.6. The second-order valence-electron chi connectivity index (χ2n) is 11.8. The van der Waals surface area contributed by atoms with Gasteiger partial charge in [-0.25, -0.2) is 4.98 Å². The van der Waals surface area contributed by atoms with Gasteiger partial charge in [-0.15, -0.1) is 0 Å².